The summed E-state index contributed by atoms with van der Waals surface area (Å²) in [7, 11) is 2.05. The summed E-state index contributed by atoms with van der Waals surface area (Å²) in [6, 6.07) is 0. The summed E-state index contributed by atoms with van der Waals surface area (Å²) in [4.78, 5) is 15.0. The Kier molecular flexibility index (Phi) is 5.04. The van der Waals surface area contributed by atoms with E-state index in [1.54, 1.807) is 4.90 Å². The molecule has 1 unspecified atom stereocenters. The molecule has 2 heterocycles. The van der Waals surface area contributed by atoms with Crippen LogP contribution in [0, 0.1) is 5.92 Å². The van der Waals surface area contributed by atoms with Crippen molar-refractivity contribution in [2.45, 2.75) is 64.5 Å². The van der Waals surface area contributed by atoms with Crippen LogP contribution in [-0.4, -0.2) is 65.3 Å². The summed E-state index contributed by atoms with van der Waals surface area (Å²) < 4.78 is 11.4. The van der Waals surface area contributed by atoms with Gasteiger partial charge in [-0.1, -0.05) is 0 Å². The van der Waals surface area contributed by atoms with Crippen molar-refractivity contribution >= 4 is 6.09 Å². The van der Waals surface area contributed by atoms with Crippen molar-refractivity contribution in [1.82, 2.24) is 9.80 Å². The van der Waals surface area contributed by atoms with E-state index in [0.717, 1.165) is 25.8 Å². The number of likely N-dealkylation sites (tertiary alicyclic amines) is 1. The van der Waals surface area contributed by atoms with Gasteiger partial charge < -0.3 is 19.5 Å². The van der Waals surface area contributed by atoms with E-state index in [1.165, 1.54) is 0 Å². The third kappa shape index (κ3) is 4.12. The summed E-state index contributed by atoms with van der Waals surface area (Å²) >= 11 is 0. The highest BCUT2D eigenvalue weighted by Crippen LogP contribution is 2.35. The fourth-order valence-corrected chi connectivity index (χ4v) is 3.58. The fraction of sp³-hybridized carbons (Fsp3) is 0.938. The number of carbonyl (C=O) groups is 1. The van der Waals surface area contributed by atoms with Gasteiger partial charge >= 0.3 is 6.09 Å². The van der Waals surface area contributed by atoms with Crippen LogP contribution in [-0.2, 0) is 9.47 Å². The smallest absolute Gasteiger partial charge is 0.407 e. The molecule has 2 fully saturated rings. The summed E-state index contributed by atoms with van der Waals surface area (Å²) in [5, 5.41) is 9.26. The molecule has 0 aromatic carbocycles. The molecule has 2 saturated heterocycles. The third-order valence-electron chi connectivity index (χ3n) is 4.80. The standard InChI is InChI=1S/C16H30N2O4/c1-15(2)9-12(10-18(15)14(19)20)7-6-8-17(5)13-11-21-16(3,4)22-13/h12-13H,6-11H2,1-5H3,(H,19,20)/t12-,13?/m0/s1. The van der Waals surface area contributed by atoms with Crippen LogP contribution in [0.3, 0.4) is 0 Å². The van der Waals surface area contributed by atoms with E-state index in [2.05, 4.69) is 11.9 Å². The average molecular weight is 314 g/mol. The second-order valence-corrected chi connectivity index (χ2v) is 7.68. The van der Waals surface area contributed by atoms with E-state index in [-0.39, 0.29) is 11.8 Å². The molecule has 0 spiro atoms. The monoisotopic (exact) mass is 314 g/mol. The molecule has 22 heavy (non-hydrogen) atoms. The molecule has 0 aliphatic carbocycles. The lowest BCUT2D eigenvalue weighted by atomic mass is 9.93. The van der Waals surface area contributed by atoms with Crippen LogP contribution in [0.5, 0.6) is 0 Å². The minimum atomic E-state index is -0.802. The lowest BCUT2D eigenvalue weighted by molar-refractivity contribution is -0.157. The maximum atomic E-state index is 11.3. The molecule has 2 atom stereocenters. The first kappa shape index (κ1) is 17.5. The first-order chi connectivity index (χ1) is 10.1. The number of nitrogens with zero attached hydrogens (tertiary/aromatic N) is 2. The molecular weight excluding hydrogens is 284 g/mol. The maximum Gasteiger partial charge on any atom is 0.407 e. The first-order valence-electron chi connectivity index (χ1n) is 8.13. The van der Waals surface area contributed by atoms with Crippen molar-refractivity contribution in [2.24, 2.45) is 5.92 Å². The van der Waals surface area contributed by atoms with Crippen LogP contribution < -0.4 is 0 Å². The Hall–Kier alpha value is -0.850. The van der Waals surface area contributed by atoms with Gasteiger partial charge in [-0.15, -0.1) is 0 Å². The molecule has 128 valence electrons. The zero-order valence-corrected chi connectivity index (χ0v) is 14.5. The largest absolute Gasteiger partial charge is 0.465 e. The molecule has 0 aromatic rings. The van der Waals surface area contributed by atoms with Crippen LogP contribution in [0.15, 0.2) is 0 Å². The Morgan fingerprint density at radius 2 is 2.05 bits per heavy atom. The Bertz CT molecular complexity index is 411. The number of amides is 1. The van der Waals surface area contributed by atoms with Crippen LogP contribution in [0.25, 0.3) is 0 Å². The van der Waals surface area contributed by atoms with Crippen molar-refractivity contribution in [3.8, 4) is 0 Å². The highest BCUT2D eigenvalue weighted by molar-refractivity contribution is 5.66. The lowest BCUT2D eigenvalue weighted by Gasteiger charge is -2.28. The molecule has 6 nitrogen and oxygen atoms in total. The van der Waals surface area contributed by atoms with Gasteiger partial charge in [-0.05, 0) is 59.9 Å². The number of hydrogen-bond acceptors (Lipinski definition) is 4. The SMILES string of the molecule is CN(CCC[C@@H]1CN(C(=O)O)C(C)(C)C1)C1COC(C)(C)O1. The zero-order chi connectivity index (χ0) is 16.5. The Labute approximate surface area is 133 Å². The van der Waals surface area contributed by atoms with Gasteiger partial charge in [0.2, 0.25) is 0 Å². The molecule has 0 bridgehead atoms. The van der Waals surface area contributed by atoms with E-state index in [4.69, 9.17) is 9.47 Å². The topological polar surface area (TPSA) is 62.2 Å². The molecule has 0 saturated carbocycles. The molecule has 2 rings (SSSR count). The minimum absolute atomic E-state index is 0.0190. The van der Waals surface area contributed by atoms with E-state index in [0.29, 0.717) is 19.1 Å². The zero-order valence-electron chi connectivity index (χ0n) is 14.5. The van der Waals surface area contributed by atoms with Crippen LogP contribution >= 0.6 is 0 Å². The van der Waals surface area contributed by atoms with Gasteiger partial charge in [-0.3, -0.25) is 4.90 Å². The van der Waals surface area contributed by atoms with Gasteiger partial charge in [0.05, 0.1) is 6.61 Å². The van der Waals surface area contributed by atoms with E-state index < -0.39 is 11.9 Å². The lowest BCUT2D eigenvalue weighted by Crippen LogP contribution is -2.41. The predicted molar refractivity (Wildman–Crippen MR) is 83.7 cm³/mol. The summed E-state index contributed by atoms with van der Waals surface area (Å²) in [6.45, 7) is 10.1. The van der Waals surface area contributed by atoms with Crippen molar-refractivity contribution in [2.75, 3.05) is 26.7 Å². The third-order valence-corrected chi connectivity index (χ3v) is 4.80. The van der Waals surface area contributed by atoms with E-state index in [1.807, 2.05) is 27.7 Å². The van der Waals surface area contributed by atoms with Crippen molar-refractivity contribution < 1.29 is 19.4 Å². The summed E-state index contributed by atoms with van der Waals surface area (Å²) in [5.74, 6) is -0.0344. The van der Waals surface area contributed by atoms with E-state index in [9.17, 15) is 9.90 Å². The van der Waals surface area contributed by atoms with E-state index >= 15 is 0 Å². The number of carboxylic acid groups (broad SMARTS) is 1. The van der Waals surface area contributed by atoms with Gasteiger partial charge in [-0.2, -0.15) is 0 Å². The second kappa shape index (κ2) is 6.34. The average Bonchev–Trinajstić information content (AvgIpc) is 2.88. The summed E-state index contributed by atoms with van der Waals surface area (Å²) in [5.41, 5.74) is -0.241. The normalized spacial score (nSPS) is 30.2. The summed E-state index contributed by atoms with van der Waals surface area (Å²) in [6.07, 6.45) is 2.26. The highest BCUT2D eigenvalue weighted by Gasteiger charge is 2.41. The fourth-order valence-electron chi connectivity index (χ4n) is 3.58. The first-order valence-corrected chi connectivity index (χ1v) is 8.13. The maximum absolute atomic E-state index is 11.3. The minimum Gasteiger partial charge on any atom is -0.465 e. The van der Waals surface area contributed by atoms with Gasteiger partial charge in [0, 0.05) is 18.6 Å². The molecule has 1 amide bonds. The van der Waals surface area contributed by atoms with Crippen molar-refractivity contribution in [3.05, 3.63) is 0 Å². The molecule has 0 radical (unpaired) electrons. The van der Waals surface area contributed by atoms with Crippen LogP contribution in [0.1, 0.15) is 47.0 Å². The predicted octanol–water partition coefficient (Wildman–Crippen LogP) is 2.59. The number of hydrogen-bond donors (Lipinski definition) is 1. The number of ether oxygens (including phenoxy) is 2. The van der Waals surface area contributed by atoms with Gasteiger partial charge in [0.15, 0.2) is 5.79 Å². The van der Waals surface area contributed by atoms with Crippen LogP contribution in [0.4, 0.5) is 4.79 Å². The number of rotatable bonds is 5. The molecule has 0 aromatic heterocycles. The molecule has 2 aliphatic rings. The Morgan fingerprint density at radius 3 is 2.55 bits per heavy atom. The van der Waals surface area contributed by atoms with Gasteiger partial charge in [-0.25, -0.2) is 4.79 Å². The molecular formula is C16H30N2O4. The van der Waals surface area contributed by atoms with Crippen molar-refractivity contribution in [3.63, 3.8) is 0 Å². The Balaban J connectivity index is 1.72. The molecule has 6 heteroatoms. The van der Waals surface area contributed by atoms with Gasteiger partial charge in [0.1, 0.15) is 6.23 Å². The molecule has 1 N–H and O–H groups in total. The molecule has 2 aliphatic heterocycles. The second-order valence-electron chi connectivity index (χ2n) is 7.68. The van der Waals surface area contributed by atoms with Crippen molar-refractivity contribution in [1.29, 1.82) is 0 Å². The quantitative estimate of drug-likeness (QED) is 0.845. The number of likely N-dealkylation sites (N-methyl/N-ethyl adjacent to an activating group) is 1. The van der Waals surface area contributed by atoms with Gasteiger partial charge in [0.25, 0.3) is 0 Å². The Morgan fingerprint density at radius 1 is 1.36 bits per heavy atom. The highest BCUT2D eigenvalue weighted by atomic mass is 16.8. The van der Waals surface area contributed by atoms with Crippen LogP contribution in [0.2, 0.25) is 0 Å².